The Balaban J connectivity index is 2.01. The van der Waals surface area contributed by atoms with Gasteiger partial charge in [0.25, 0.3) is 5.91 Å². The van der Waals surface area contributed by atoms with Crippen molar-refractivity contribution in [2.75, 3.05) is 6.54 Å². The van der Waals surface area contributed by atoms with Crippen molar-refractivity contribution < 1.29 is 4.79 Å². The van der Waals surface area contributed by atoms with Gasteiger partial charge in [-0.1, -0.05) is 19.1 Å². The summed E-state index contributed by atoms with van der Waals surface area (Å²) >= 11 is 1.83. The number of benzene rings is 1. The lowest BCUT2D eigenvalue weighted by molar-refractivity contribution is 0.0919. The predicted octanol–water partition coefficient (Wildman–Crippen LogP) is 4.09. The number of rotatable bonds is 7. The van der Waals surface area contributed by atoms with Gasteiger partial charge in [0.1, 0.15) is 0 Å². The van der Waals surface area contributed by atoms with Crippen LogP contribution in [0.15, 0.2) is 41.4 Å². The number of nitrogens with one attached hydrogen (secondary N) is 3. The van der Waals surface area contributed by atoms with Gasteiger partial charge in [0, 0.05) is 27.4 Å². The van der Waals surface area contributed by atoms with E-state index in [2.05, 4.69) is 46.9 Å². The second-order valence-electron chi connectivity index (χ2n) is 7.67. The minimum atomic E-state index is -0.257. The fourth-order valence-electron chi connectivity index (χ4n) is 2.61. The summed E-state index contributed by atoms with van der Waals surface area (Å²) in [6.07, 6.45) is 1.07. The Morgan fingerprint density at radius 3 is 2.46 bits per heavy atom. The first-order valence-corrected chi connectivity index (χ1v) is 10.6. The normalized spacial score (nSPS) is 12.0. The van der Waals surface area contributed by atoms with Crippen LogP contribution >= 0.6 is 11.3 Å². The highest BCUT2D eigenvalue weighted by Crippen LogP contribution is 2.16. The zero-order valence-corrected chi connectivity index (χ0v) is 18.4. The van der Waals surface area contributed by atoms with Gasteiger partial charge in [0.2, 0.25) is 0 Å². The van der Waals surface area contributed by atoms with Gasteiger partial charge in [0.15, 0.2) is 5.96 Å². The van der Waals surface area contributed by atoms with E-state index in [-0.39, 0.29) is 11.4 Å². The molecule has 0 atom stereocenters. The van der Waals surface area contributed by atoms with Crippen LogP contribution in [0.25, 0.3) is 0 Å². The molecule has 0 aliphatic carbocycles. The highest BCUT2D eigenvalue weighted by Gasteiger charge is 2.15. The van der Waals surface area contributed by atoms with Gasteiger partial charge in [-0.2, -0.15) is 0 Å². The maximum absolute atomic E-state index is 12.4. The van der Waals surface area contributed by atoms with Crippen molar-refractivity contribution >= 4 is 23.2 Å². The van der Waals surface area contributed by atoms with Gasteiger partial charge in [0.05, 0.1) is 13.1 Å². The molecule has 28 heavy (non-hydrogen) atoms. The van der Waals surface area contributed by atoms with Crippen LogP contribution in [0.4, 0.5) is 0 Å². The van der Waals surface area contributed by atoms with E-state index in [9.17, 15) is 4.79 Å². The Hall–Kier alpha value is -2.34. The molecule has 0 bridgehead atoms. The maximum Gasteiger partial charge on any atom is 0.251 e. The lowest BCUT2D eigenvalue weighted by atomic mass is 10.1. The molecule has 1 amide bonds. The minimum absolute atomic E-state index is 0.0622. The number of aryl methyl sites for hydroxylation is 1. The van der Waals surface area contributed by atoms with E-state index in [4.69, 9.17) is 0 Å². The van der Waals surface area contributed by atoms with Gasteiger partial charge >= 0.3 is 0 Å². The van der Waals surface area contributed by atoms with Crippen LogP contribution in [0.2, 0.25) is 0 Å². The second-order valence-corrected chi connectivity index (χ2v) is 8.93. The molecule has 0 unspecified atom stereocenters. The van der Waals surface area contributed by atoms with Crippen LogP contribution < -0.4 is 16.0 Å². The fourth-order valence-corrected chi connectivity index (χ4v) is 3.51. The number of thiophene rings is 1. The molecular formula is C22H32N4OS. The first kappa shape index (κ1) is 22.0. The molecule has 1 aromatic heterocycles. The molecule has 0 aliphatic rings. The van der Waals surface area contributed by atoms with Gasteiger partial charge in [-0.05, 0) is 63.9 Å². The molecule has 0 saturated carbocycles. The summed E-state index contributed by atoms with van der Waals surface area (Å²) in [6.45, 7) is 12.2. The number of carbonyl (C=O) groups excluding carboxylic acids is 1. The summed E-state index contributed by atoms with van der Waals surface area (Å²) in [6, 6.07) is 12.0. The molecule has 152 valence electrons. The minimum Gasteiger partial charge on any atom is -0.357 e. The molecule has 2 aromatic rings. The molecule has 0 aliphatic heterocycles. The third-order valence-corrected chi connectivity index (χ3v) is 5.17. The third kappa shape index (κ3) is 7.35. The standard InChI is InChI=1S/C22H32N4OS/c1-6-18-11-12-19(28-18)15-25-21(23-7-2)24-14-16-9-8-10-17(13-16)20(27)26-22(3,4)5/h8-13H,6-7,14-15H2,1-5H3,(H,26,27)(H2,23,24,25). The van der Waals surface area contributed by atoms with E-state index < -0.39 is 0 Å². The van der Waals surface area contributed by atoms with E-state index >= 15 is 0 Å². The number of hydrogen-bond acceptors (Lipinski definition) is 3. The molecule has 1 heterocycles. The smallest absolute Gasteiger partial charge is 0.251 e. The van der Waals surface area contributed by atoms with E-state index in [1.807, 2.05) is 56.4 Å². The van der Waals surface area contributed by atoms with Crippen LogP contribution in [-0.2, 0) is 19.5 Å². The van der Waals surface area contributed by atoms with E-state index in [0.29, 0.717) is 12.1 Å². The van der Waals surface area contributed by atoms with Crippen molar-refractivity contribution in [2.45, 2.75) is 59.7 Å². The van der Waals surface area contributed by atoms with Crippen molar-refractivity contribution in [1.29, 1.82) is 0 Å². The zero-order chi connectivity index (χ0) is 20.6. The van der Waals surface area contributed by atoms with Crippen molar-refractivity contribution in [3.63, 3.8) is 0 Å². The summed E-state index contributed by atoms with van der Waals surface area (Å²) in [5.41, 5.74) is 1.40. The highest BCUT2D eigenvalue weighted by molar-refractivity contribution is 7.11. The second kappa shape index (κ2) is 10.3. The molecular weight excluding hydrogens is 368 g/mol. The summed E-state index contributed by atoms with van der Waals surface area (Å²) in [7, 11) is 0. The Labute approximate surface area is 172 Å². The number of aliphatic imine (C=N–C) groups is 1. The summed E-state index contributed by atoms with van der Waals surface area (Å²) < 4.78 is 0. The predicted molar refractivity (Wildman–Crippen MR) is 119 cm³/mol. The molecule has 0 saturated heterocycles. The average Bonchev–Trinajstić information content (AvgIpc) is 3.11. The van der Waals surface area contributed by atoms with Crippen LogP contribution in [0, 0.1) is 0 Å². The summed E-state index contributed by atoms with van der Waals surface area (Å²) in [5, 5.41) is 9.65. The zero-order valence-electron chi connectivity index (χ0n) is 17.6. The molecule has 5 nitrogen and oxygen atoms in total. The Morgan fingerprint density at radius 2 is 1.82 bits per heavy atom. The lowest BCUT2D eigenvalue weighted by Gasteiger charge is -2.20. The third-order valence-electron chi connectivity index (χ3n) is 3.94. The van der Waals surface area contributed by atoms with Crippen molar-refractivity contribution in [3.05, 3.63) is 57.3 Å². The first-order valence-electron chi connectivity index (χ1n) is 9.82. The van der Waals surface area contributed by atoms with Crippen LogP contribution in [0.3, 0.4) is 0 Å². The molecule has 6 heteroatoms. The quantitative estimate of drug-likeness (QED) is 0.484. The first-order chi connectivity index (χ1) is 13.3. The number of amides is 1. The van der Waals surface area contributed by atoms with Gasteiger partial charge in [-0.25, -0.2) is 4.99 Å². The molecule has 3 N–H and O–H groups in total. The number of nitrogens with zero attached hydrogens (tertiary/aromatic N) is 1. The molecule has 0 fully saturated rings. The fraction of sp³-hybridized carbons (Fsp3) is 0.455. The van der Waals surface area contributed by atoms with Crippen molar-refractivity contribution in [3.8, 4) is 0 Å². The van der Waals surface area contributed by atoms with Crippen molar-refractivity contribution in [1.82, 2.24) is 16.0 Å². The summed E-state index contributed by atoms with van der Waals surface area (Å²) in [5.74, 6) is 0.714. The number of carbonyl (C=O) groups is 1. The van der Waals surface area contributed by atoms with Crippen LogP contribution in [0.1, 0.15) is 60.3 Å². The van der Waals surface area contributed by atoms with Gasteiger partial charge in [-0.3, -0.25) is 4.79 Å². The molecule has 0 spiro atoms. The Morgan fingerprint density at radius 1 is 1.07 bits per heavy atom. The molecule has 0 radical (unpaired) electrons. The highest BCUT2D eigenvalue weighted by atomic mass is 32.1. The summed E-state index contributed by atoms with van der Waals surface area (Å²) in [4.78, 5) is 19.7. The maximum atomic E-state index is 12.4. The van der Waals surface area contributed by atoms with Gasteiger partial charge < -0.3 is 16.0 Å². The monoisotopic (exact) mass is 400 g/mol. The molecule has 2 rings (SSSR count). The Bertz CT molecular complexity index is 805. The van der Waals surface area contributed by atoms with Gasteiger partial charge in [-0.15, -0.1) is 11.3 Å². The van der Waals surface area contributed by atoms with E-state index in [1.54, 1.807) is 0 Å². The van der Waals surface area contributed by atoms with E-state index in [1.165, 1.54) is 9.75 Å². The van der Waals surface area contributed by atoms with E-state index in [0.717, 1.165) is 31.0 Å². The number of guanidine groups is 1. The van der Waals surface area contributed by atoms with Crippen molar-refractivity contribution in [2.24, 2.45) is 4.99 Å². The van der Waals surface area contributed by atoms with Crippen LogP contribution in [0.5, 0.6) is 0 Å². The SMILES string of the molecule is CCNC(=NCc1cccc(C(=O)NC(C)(C)C)c1)NCc1ccc(CC)s1. The largest absolute Gasteiger partial charge is 0.357 e. The molecule has 1 aromatic carbocycles. The Kier molecular flexibility index (Phi) is 8.05. The lowest BCUT2D eigenvalue weighted by Crippen LogP contribution is -2.40. The van der Waals surface area contributed by atoms with Crippen LogP contribution in [-0.4, -0.2) is 24.0 Å². The average molecular weight is 401 g/mol. The topological polar surface area (TPSA) is 65.5 Å². The number of hydrogen-bond donors (Lipinski definition) is 3.